The van der Waals surface area contributed by atoms with E-state index in [-0.39, 0.29) is 17.8 Å². The highest BCUT2D eigenvalue weighted by Gasteiger charge is 2.23. The molecule has 3 nitrogen and oxygen atoms in total. The smallest absolute Gasteiger partial charge is 0.308 e. The van der Waals surface area contributed by atoms with Gasteiger partial charge in [-0.1, -0.05) is 61.0 Å². The highest BCUT2D eigenvalue weighted by molar-refractivity contribution is 7.18. The quantitative estimate of drug-likeness (QED) is 0.241. The minimum Gasteiger partial charge on any atom is -0.427 e. The second-order valence-corrected chi connectivity index (χ2v) is 8.94. The average Bonchev–Trinajstić information content (AvgIpc) is 3.14. The van der Waals surface area contributed by atoms with Crippen molar-refractivity contribution in [3.05, 3.63) is 94.0 Å². The van der Waals surface area contributed by atoms with E-state index < -0.39 is 0 Å². The Morgan fingerprint density at radius 1 is 1.03 bits per heavy atom. The number of carbonyl (C=O) groups excluding carboxylic acids is 1. The number of carbonyl (C=O) groups is 1. The summed E-state index contributed by atoms with van der Waals surface area (Å²) in [6, 6.07) is 24.2. The Balaban J connectivity index is 1.64. The Hall–Kier alpha value is -2.69. The van der Waals surface area contributed by atoms with Gasteiger partial charge in [0, 0.05) is 18.4 Å². The van der Waals surface area contributed by atoms with Gasteiger partial charge in [-0.25, -0.2) is 4.98 Å². The maximum Gasteiger partial charge on any atom is 0.308 e. The van der Waals surface area contributed by atoms with Crippen molar-refractivity contribution >= 4 is 39.1 Å². The largest absolute Gasteiger partial charge is 0.427 e. The van der Waals surface area contributed by atoms with E-state index in [9.17, 15) is 4.79 Å². The van der Waals surface area contributed by atoms with Gasteiger partial charge >= 0.3 is 5.97 Å². The van der Waals surface area contributed by atoms with E-state index in [0.717, 1.165) is 21.6 Å². The van der Waals surface area contributed by atoms with E-state index in [1.807, 2.05) is 48.5 Å². The molecule has 5 heteroatoms. The molecule has 0 saturated heterocycles. The second-order valence-electron chi connectivity index (χ2n) is 7.39. The summed E-state index contributed by atoms with van der Waals surface area (Å²) in [5.74, 6) is 0.780. The zero-order valence-corrected chi connectivity index (χ0v) is 18.4. The maximum absolute atomic E-state index is 11.2. The Bertz CT molecular complexity index is 1150. The number of benzene rings is 3. The van der Waals surface area contributed by atoms with Crippen molar-refractivity contribution in [3.63, 3.8) is 0 Å². The zero-order chi connectivity index (χ0) is 21.1. The minimum atomic E-state index is -0.311. The van der Waals surface area contributed by atoms with Gasteiger partial charge in [-0.2, -0.15) is 0 Å². The molecule has 0 aliphatic carbocycles. The van der Waals surface area contributed by atoms with Crippen molar-refractivity contribution in [2.24, 2.45) is 0 Å². The third kappa shape index (κ3) is 4.72. The van der Waals surface area contributed by atoms with Gasteiger partial charge in [-0.15, -0.1) is 11.3 Å². The van der Waals surface area contributed by atoms with Crippen LogP contribution < -0.4 is 4.74 Å². The van der Waals surface area contributed by atoms with Crippen LogP contribution in [0.15, 0.2) is 72.8 Å². The Kier molecular flexibility index (Phi) is 6.16. The molecule has 0 amide bonds. The first-order chi connectivity index (χ1) is 14.5. The van der Waals surface area contributed by atoms with Crippen LogP contribution in [-0.4, -0.2) is 11.0 Å². The summed E-state index contributed by atoms with van der Waals surface area (Å²) in [7, 11) is 0. The standard InChI is InChI=1S/C25H22ClNO2S/c1-16(18-8-11-21(12-9-18)29-17(2)28)22(19-6-4-3-5-7-19)15-25-27-23-14-20(26)10-13-24(23)30-25/h3-14,16,22H,15H2,1-2H3/t16-,22-/m1/s1. The van der Waals surface area contributed by atoms with Crippen LogP contribution in [0.4, 0.5) is 0 Å². The summed E-state index contributed by atoms with van der Waals surface area (Å²) in [4.78, 5) is 16.0. The molecule has 0 saturated carbocycles. The van der Waals surface area contributed by atoms with Gasteiger partial charge in [0.1, 0.15) is 5.75 Å². The topological polar surface area (TPSA) is 39.2 Å². The lowest BCUT2D eigenvalue weighted by Gasteiger charge is -2.24. The van der Waals surface area contributed by atoms with E-state index in [2.05, 4.69) is 31.2 Å². The fourth-order valence-electron chi connectivity index (χ4n) is 3.74. The molecule has 4 aromatic rings. The predicted octanol–water partition coefficient (Wildman–Crippen LogP) is 7.01. The number of fused-ring (bicyclic) bond motifs is 1. The molecule has 0 aliphatic rings. The van der Waals surface area contributed by atoms with E-state index in [0.29, 0.717) is 10.8 Å². The lowest BCUT2D eigenvalue weighted by atomic mass is 9.81. The van der Waals surface area contributed by atoms with Crippen molar-refractivity contribution < 1.29 is 9.53 Å². The summed E-state index contributed by atoms with van der Waals surface area (Å²) < 4.78 is 6.33. The zero-order valence-electron chi connectivity index (χ0n) is 16.8. The van der Waals surface area contributed by atoms with Crippen LogP contribution >= 0.6 is 22.9 Å². The van der Waals surface area contributed by atoms with E-state index >= 15 is 0 Å². The van der Waals surface area contributed by atoms with E-state index in [1.54, 1.807) is 11.3 Å². The SMILES string of the molecule is CC(=O)Oc1ccc([C@@H](C)[C@@H](Cc2nc3cc(Cl)ccc3s2)c2ccccc2)cc1. The molecule has 0 N–H and O–H groups in total. The number of halogens is 1. The molecule has 0 aliphatic heterocycles. The predicted molar refractivity (Wildman–Crippen MR) is 124 cm³/mol. The van der Waals surface area contributed by atoms with Crippen molar-refractivity contribution in [1.29, 1.82) is 0 Å². The lowest BCUT2D eigenvalue weighted by Crippen LogP contribution is -2.12. The van der Waals surface area contributed by atoms with E-state index in [4.69, 9.17) is 21.3 Å². The fourth-order valence-corrected chi connectivity index (χ4v) is 4.92. The summed E-state index contributed by atoms with van der Waals surface area (Å²) in [6.07, 6.45) is 0.841. The number of hydrogen-bond donors (Lipinski definition) is 0. The molecule has 0 radical (unpaired) electrons. The Morgan fingerprint density at radius 2 is 1.77 bits per heavy atom. The van der Waals surface area contributed by atoms with Crippen LogP contribution in [-0.2, 0) is 11.2 Å². The summed E-state index contributed by atoms with van der Waals surface area (Å²) >= 11 is 7.86. The molecule has 0 fully saturated rings. The molecule has 0 unspecified atom stereocenters. The number of hydrogen-bond acceptors (Lipinski definition) is 4. The van der Waals surface area contributed by atoms with Gasteiger partial charge in [0.2, 0.25) is 0 Å². The highest BCUT2D eigenvalue weighted by Crippen LogP contribution is 2.38. The third-order valence-electron chi connectivity index (χ3n) is 5.29. The molecule has 1 heterocycles. The highest BCUT2D eigenvalue weighted by atomic mass is 35.5. The van der Waals surface area contributed by atoms with Gasteiger partial charge in [-0.05, 0) is 53.3 Å². The Morgan fingerprint density at radius 3 is 2.47 bits per heavy atom. The number of rotatable bonds is 6. The monoisotopic (exact) mass is 435 g/mol. The molecule has 4 rings (SSSR count). The van der Waals surface area contributed by atoms with Gasteiger partial charge < -0.3 is 4.74 Å². The van der Waals surface area contributed by atoms with Crippen LogP contribution in [0.2, 0.25) is 5.02 Å². The molecule has 152 valence electrons. The Labute approximate surface area is 185 Å². The average molecular weight is 436 g/mol. The summed E-state index contributed by atoms with van der Waals surface area (Å²) in [5.41, 5.74) is 3.43. The maximum atomic E-state index is 11.2. The van der Waals surface area contributed by atoms with E-state index in [1.165, 1.54) is 18.1 Å². The van der Waals surface area contributed by atoms with Crippen LogP contribution in [0.25, 0.3) is 10.2 Å². The fraction of sp³-hybridized carbons (Fsp3) is 0.200. The molecule has 1 aromatic heterocycles. The summed E-state index contributed by atoms with van der Waals surface area (Å²) in [5, 5.41) is 1.81. The van der Waals surface area contributed by atoms with Crippen LogP contribution in [0.1, 0.15) is 41.8 Å². The summed E-state index contributed by atoms with van der Waals surface area (Å²) in [6.45, 7) is 3.65. The number of ether oxygens (including phenoxy) is 1. The minimum absolute atomic E-state index is 0.259. The van der Waals surface area contributed by atoms with Crippen LogP contribution in [0.3, 0.4) is 0 Å². The third-order valence-corrected chi connectivity index (χ3v) is 6.58. The van der Waals surface area contributed by atoms with Gasteiger partial charge in [-0.3, -0.25) is 4.79 Å². The van der Waals surface area contributed by atoms with Gasteiger partial charge in [0.05, 0.1) is 15.2 Å². The van der Waals surface area contributed by atoms with Crippen molar-refractivity contribution in [2.75, 3.05) is 0 Å². The second kappa shape index (κ2) is 8.99. The number of esters is 1. The molecule has 3 aromatic carbocycles. The van der Waals surface area contributed by atoms with Crippen molar-refractivity contribution in [1.82, 2.24) is 4.98 Å². The van der Waals surface area contributed by atoms with Crippen LogP contribution in [0, 0.1) is 0 Å². The number of nitrogens with zero attached hydrogens (tertiary/aromatic N) is 1. The normalized spacial score (nSPS) is 13.2. The molecular formula is C25H22ClNO2S. The molecule has 2 atom stereocenters. The molecule has 30 heavy (non-hydrogen) atoms. The van der Waals surface area contributed by atoms with Gasteiger partial charge in [0.15, 0.2) is 0 Å². The first-order valence-electron chi connectivity index (χ1n) is 9.88. The lowest BCUT2D eigenvalue weighted by molar-refractivity contribution is -0.131. The first-order valence-corrected chi connectivity index (χ1v) is 11.1. The first kappa shape index (κ1) is 20.6. The van der Waals surface area contributed by atoms with Crippen molar-refractivity contribution in [3.8, 4) is 5.75 Å². The molecular weight excluding hydrogens is 414 g/mol. The number of aromatic nitrogens is 1. The van der Waals surface area contributed by atoms with Crippen LogP contribution in [0.5, 0.6) is 5.75 Å². The number of thiazole rings is 1. The molecule has 0 spiro atoms. The molecule has 0 bridgehead atoms. The van der Waals surface area contributed by atoms with Crippen molar-refractivity contribution in [2.45, 2.75) is 32.1 Å². The van der Waals surface area contributed by atoms with Gasteiger partial charge in [0.25, 0.3) is 0 Å².